The van der Waals surface area contributed by atoms with E-state index in [2.05, 4.69) is 15.4 Å². The molecule has 1 aromatic heterocycles. The highest BCUT2D eigenvalue weighted by Gasteiger charge is 2.04. The van der Waals surface area contributed by atoms with E-state index in [1.807, 2.05) is 37.6 Å². The Balaban J connectivity index is 0.00000288. The van der Waals surface area contributed by atoms with E-state index in [1.54, 1.807) is 18.9 Å². The van der Waals surface area contributed by atoms with Crippen LogP contribution in [-0.2, 0) is 20.0 Å². The predicted molar refractivity (Wildman–Crippen MR) is 105 cm³/mol. The zero-order chi connectivity index (χ0) is 16.7. The van der Waals surface area contributed by atoms with Crippen LogP contribution in [0.5, 0.6) is 11.5 Å². The quantitative estimate of drug-likeness (QED) is 0.385. The molecule has 0 saturated heterocycles. The SMILES string of the molecule is COc1ccc(CN=C(N)NCCc2cnn(C)c2)cc1OC.I. The van der Waals surface area contributed by atoms with Crippen LogP contribution in [0.4, 0.5) is 0 Å². The molecule has 0 atom stereocenters. The lowest BCUT2D eigenvalue weighted by atomic mass is 10.2. The van der Waals surface area contributed by atoms with Gasteiger partial charge >= 0.3 is 0 Å². The number of guanidine groups is 1. The van der Waals surface area contributed by atoms with Gasteiger partial charge in [0.2, 0.25) is 0 Å². The fourth-order valence-corrected chi connectivity index (χ4v) is 2.15. The van der Waals surface area contributed by atoms with Crippen LogP contribution in [0.15, 0.2) is 35.6 Å². The number of hydrogen-bond donors (Lipinski definition) is 2. The van der Waals surface area contributed by atoms with Gasteiger partial charge in [-0.2, -0.15) is 5.10 Å². The largest absolute Gasteiger partial charge is 0.493 e. The number of aryl methyl sites for hydroxylation is 1. The van der Waals surface area contributed by atoms with E-state index in [1.165, 1.54) is 0 Å². The molecule has 2 rings (SSSR count). The smallest absolute Gasteiger partial charge is 0.188 e. The number of nitrogens with two attached hydrogens (primary N) is 1. The van der Waals surface area contributed by atoms with E-state index in [-0.39, 0.29) is 24.0 Å². The molecule has 132 valence electrons. The van der Waals surface area contributed by atoms with Gasteiger partial charge in [0.05, 0.1) is 27.0 Å². The summed E-state index contributed by atoms with van der Waals surface area (Å²) in [6.45, 7) is 1.19. The summed E-state index contributed by atoms with van der Waals surface area (Å²) in [6.07, 6.45) is 4.68. The van der Waals surface area contributed by atoms with Gasteiger partial charge in [-0.05, 0) is 29.7 Å². The fraction of sp³-hybridized carbons (Fsp3) is 0.375. The van der Waals surface area contributed by atoms with Gasteiger partial charge in [-0.1, -0.05) is 6.07 Å². The Morgan fingerprint density at radius 3 is 2.62 bits per heavy atom. The maximum absolute atomic E-state index is 5.88. The summed E-state index contributed by atoms with van der Waals surface area (Å²) in [4.78, 5) is 4.33. The lowest BCUT2D eigenvalue weighted by Gasteiger charge is -2.09. The number of rotatable bonds is 7. The van der Waals surface area contributed by atoms with Crippen molar-refractivity contribution in [2.45, 2.75) is 13.0 Å². The predicted octanol–water partition coefficient (Wildman–Crippen LogP) is 1.70. The van der Waals surface area contributed by atoms with Crippen LogP contribution >= 0.6 is 24.0 Å². The van der Waals surface area contributed by atoms with Gasteiger partial charge in [-0.15, -0.1) is 24.0 Å². The average molecular weight is 445 g/mol. The normalized spacial score (nSPS) is 10.9. The molecule has 0 aliphatic heterocycles. The van der Waals surface area contributed by atoms with Crippen LogP contribution < -0.4 is 20.5 Å². The molecule has 0 spiro atoms. The molecule has 7 nitrogen and oxygen atoms in total. The molecule has 1 aromatic carbocycles. The third-order valence-electron chi connectivity index (χ3n) is 3.36. The second kappa shape index (κ2) is 10.0. The fourth-order valence-electron chi connectivity index (χ4n) is 2.15. The Hall–Kier alpha value is -1.97. The molecule has 8 heteroatoms. The zero-order valence-corrected chi connectivity index (χ0v) is 16.5. The molecule has 0 fully saturated rings. The minimum absolute atomic E-state index is 0. The summed E-state index contributed by atoms with van der Waals surface area (Å²) in [6, 6.07) is 5.69. The maximum atomic E-state index is 5.88. The Morgan fingerprint density at radius 2 is 2.00 bits per heavy atom. The van der Waals surface area contributed by atoms with Gasteiger partial charge in [0, 0.05) is 19.8 Å². The molecule has 0 aliphatic carbocycles. The van der Waals surface area contributed by atoms with E-state index < -0.39 is 0 Å². The Morgan fingerprint density at radius 1 is 1.25 bits per heavy atom. The second-order valence-corrected chi connectivity index (χ2v) is 5.09. The summed E-state index contributed by atoms with van der Waals surface area (Å²) in [5, 5.41) is 7.22. The van der Waals surface area contributed by atoms with Crippen LogP contribution in [0.2, 0.25) is 0 Å². The van der Waals surface area contributed by atoms with Gasteiger partial charge in [0.25, 0.3) is 0 Å². The van der Waals surface area contributed by atoms with Crippen LogP contribution in [0.3, 0.4) is 0 Å². The molecule has 3 N–H and O–H groups in total. The van der Waals surface area contributed by atoms with E-state index >= 15 is 0 Å². The van der Waals surface area contributed by atoms with Crippen molar-refractivity contribution in [3.8, 4) is 11.5 Å². The van der Waals surface area contributed by atoms with Gasteiger partial charge in [-0.25, -0.2) is 4.99 Å². The molecule has 0 radical (unpaired) electrons. The zero-order valence-electron chi connectivity index (χ0n) is 14.2. The van der Waals surface area contributed by atoms with E-state index in [9.17, 15) is 0 Å². The van der Waals surface area contributed by atoms with Crippen molar-refractivity contribution in [2.24, 2.45) is 17.8 Å². The summed E-state index contributed by atoms with van der Waals surface area (Å²) in [5.74, 6) is 1.80. The molecule has 0 bridgehead atoms. The lowest BCUT2D eigenvalue weighted by molar-refractivity contribution is 0.354. The lowest BCUT2D eigenvalue weighted by Crippen LogP contribution is -2.33. The third-order valence-corrected chi connectivity index (χ3v) is 3.36. The number of hydrogen-bond acceptors (Lipinski definition) is 4. The molecule has 1 heterocycles. The number of aliphatic imine (C=N–C) groups is 1. The Labute approximate surface area is 159 Å². The third kappa shape index (κ3) is 5.91. The van der Waals surface area contributed by atoms with Gasteiger partial charge in [0.1, 0.15) is 0 Å². The van der Waals surface area contributed by atoms with Crippen molar-refractivity contribution in [1.82, 2.24) is 15.1 Å². The van der Waals surface area contributed by atoms with Crippen molar-refractivity contribution in [1.29, 1.82) is 0 Å². The molecule has 0 amide bonds. The minimum atomic E-state index is 0. The number of methoxy groups -OCH3 is 2. The second-order valence-electron chi connectivity index (χ2n) is 5.09. The number of nitrogens with one attached hydrogen (secondary N) is 1. The number of aromatic nitrogens is 2. The Kier molecular flexibility index (Phi) is 8.37. The van der Waals surface area contributed by atoms with Gasteiger partial charge < -0.3 is 20.5 Å². The van der Waals surface area contributed by atoms with Crippen molar-refractivity contribution in [3.05, 3.63) is 41.7 Å². The topological polar surface area (TPSA) is 86.7 Å². The standard InChI is InChI=1S/C16H23N5O2.HI/c1-21-11-13(10-20-21)6-7-18-16(17)19-9-12-4-5-14(22-2)15(8-12)23-3;/h4-5,8,10-11H,6-7,9H2,1-3H3,(H3,17,18,19);1H. The molecule has 0 unspecified atom stereocenters. The first-order chi connectivity index (χ1) is 11.1. The van der Waals surface area contributed by atoms with Crippen molar-refractivity contribution >= 4 is 29.9 Å². The highest BCUT2D eigenvalue weighted by atomic mass is 127. The molecular formula is C16H24IN5O2. The molecule has 0 aliphatic rings. The Bertz CT molecular complexity index is 672. The van der Waals surface area contributed by atoms with E-state index in [4.69, 9.17) is 15.2 Å². The molecule has 0 saturated carbocycles. The van der Waals surface area contributed by atoms with Crippen molar-refractivity contribution in [3.63, 3.8) is 0 Å². The van der Waals surface area contributed by atoms with Crippen LogP contribution in [0, 0.1) is 0 Å². The highest BCUT2D eigenvalue weighted by molar-refractivity contribution is 14.0. The molecular weight excluding hydrogens is 421 g/mol. The van der Waals surface area contributed by atoms with Crippen molar-refractivity contribution in [2.75, 3.05) is 20.8 Å². The minimum Gasteiger partial charge on any atom is -0.493 e. The summed E-state index contributed by atoms with van der Waals surface area (Å²) in [7, 11) is 5.12. The monoisotopic (exact) mass is 445 g/mol. The number of nitrogens with zero attached hydrogens (tertiary/aromatic N) is 3. The number of benzene rings is 1. The van der Waals surface area contributed by atoms with Crippen molar-refractivity contribution < 1.29 is 9.47 Å². The van der Waals surface area contributed by atoms with Gasteiger partial charge in [-0.3, -0.25) is 4.68 Å². The molecule has 24 heavy (non-hydrogen) atoms. The maximum Gasteiger partial charge on any atom is 0.188 e. The van der Waals surface area contributed by atoms with E-state index in [0.717, 1.165) is 17.5 Å². The number of halogens is 1. The van der Waals surface area contributed by atoms with Crippen LogP contribution in [0.25, 0.3) is 0 Å². The first-order valence-electron chi connectivity index (χ1n) is 7.34. The first-order valence-corrected chi connectivity index (χ1v) is 7.34. The van der Waals surface area contributed by atoms with Crippen LogP contribution in [-0.4, -0.2) is 36.5 Å². The first kappa shape index (κ1) is 20.1. The number of ether oxygens (including phenoxy) is 2. The van der Waals surface area contributed by atoms with Gasteiger partial charge in [0.15, 0.2) is 17.5 Å². The van der Waals surface area contributed by atoms with Crippen LogP contribution in [0.1, 0.15) is 11.1 Å². The summed E-state index contributed by atoms with van der Waals surface area (Å²) < 4.78 is 12.3. The highest BCUT2D eigenvalue weighted by Crippen LogP contribution is 2.27. The molecule has 2 aromatic rings. The average Bonchev–Trinajstić information content (AvgIpc) is 2.98. The van der Waals surface area contributed by atoms with E-state index in [0.29, 0.717) is 30.5 Å². The summed E-state index contributed by atoms with van der Waals surface area (Å²) >= 11 is 0. The summed E-state index contributed by atoms with van der Waals surface area (Å²) in [5.41, 5.74) is 8.04.